The van der Waals surface area contributed by atoms with E-state index in [1.54, 1.807) is 36.5 Å². The third-order valence-corrected chi connectivity index (χ3v) is 8.11. The molecule has 4 nitrogen and oxygen atoms in total. The summed E-state index contributed by atoms with van der Waals surface area (Å²) in [6.07, 6.45) is 3.49. The molecule has 1 aromatic heterocycles. The van der Waals surface area contributed by atoms with Crippen molar-refractivity contribution in [2.24, 2.45) is 11.8 Å². The normalized spacial score (nSPS) is 25.5. The minimum atomic E-state index is -2.18. The second-order valence-corrected chi connectivity index (χ2v) is 9.81. The lowest BCUT2D eigenvalue weighted by Crippen LogP contribution is -3.00. The molecular weight excluding hydrogens is 559 g/mol. The summed E-state index contributed by atoms with van der Waals surface area (Å²) in [6.45, 7) is 4.27. The highest BCUT2D eigenvalue weighted by molar-refractivity contribution is 5.83. The first-order valence-electron chi connectivity index (χ1n) is 11.8. The number of fused-ring (bicyclic) bond motifs is 4. The number of hydrogen-bond acceptors (Lipinski definition) is 3. The van der Waals surface area contributed by atoms with Crippen molar-refractivity contribution >= 4 is 10.9 Å². The summed E-state index contributed by atoms with van der Waals surface area (Å²) in [7, 11) is 1.53. The van der Waals surface area contributed by atoms with Crippen LogP contribution in [0.3, 0.4) is 0 Å². The molecule has 0 saturated carbocycles. The summed E-state index contributed by atoms with van der Waals surface area (Å²) in [5.74, 6) is -8.98. The van der Waals surface area contributed by atoms with E-state index in [-0.39, 0.29) is 33.3 Å². The Morgan fingerprint density at radius 3 is 2.43 bits per heavy atom. The summed E-state index contributed by atoms with van der Waals surface area (Å²) < 4.78 is 76.7. The highest BCUT2D eigenvalue weighted by Gasteiger charge is 2.54. The number of quaternary nitrogens is 1. The Labute approximate surface area is 221 Å². The third kappa shape index (κ3) is 4.42. The predicted molar refractivity (Wildman–Crippen MR) is 123 cm³/mol. The maximum atomic E-state index is 14.8. The molecule has 4 heterocycles. The van der Waals surface area contributed by atoms with Crippen LogP contribution >= 0.6 is 0 Å². The molecule has 2 bridgehead atoms. The van der Waals surface area contributed by atoms with Gasteiger partial charge in [-0.25, -0.2) is 22.0 Å². The van der Waals surface area contributed by atoms with E-state index in [2.05, 4.69) is 11.6 Å². The van der Waals surface area contributed by atoms with Gasteiger partial charge in [0.15, 0.2) is 23.3 Å². The minimum Gasteiger partial charge on any atom is -1.00 e. The molecule has 3 fully saturated rings. The van der Waals surface area contributed by atoms with Crippen LogP contribution in [0.25, 0.3) is 10.9 Å². The molecule has 0 radical (unpaired) electrons. The van der Waals surface area contributed by atoms with Crippen LogP contribution in [0.2, 0.25) is 0 Å². The number of halogens is 6. The monoisotopic (exact) mass is 584 g/mol. The van der Waals surface area contributed by atoms with E-state index in [4.69, 9.17) is 4.74 Å². The van der Waals surface area contributed by atoms with Gasteiger partial charge in [0.25, 0.3) is 0 Å². The van der Waals surface area contributed by atoms with Crippen molar-refractivity contribution in [2.45, 2.75) is 31.5 Å². The van der Waals surface area contributed by atoms with E-state index >= 15 is 0 Å². The standard InChI is InChI=1S/C27H26F5N2O2.BrH/c1-3-14-12-34(13-19-22(28)24(30)26(32)25(31)23(19)29)9-7-15(14)10-21(34)27(35)17-6-8-33-20-5-4-16(36-2)11-18(17)20;/h3-6,8,11,14-15,21,27,35H,1,7,9-10,12-13H2,2H3;1H/q+1;/p-1/t14-,15-,21-,27+,34-;/m0./s1. The van der Waals surface area contributed by atoms with E-state index in [0.29, 0.717) is 48.1 Å². The highest BCUT2D eigenvalue weighted by Crippen LogP contribution is 2.48. The Bertz CT molecular complexity index is 1330. The fraction of sp³-hybridized carbons (Fsp3) is 0.370. The van der Waals surface area contributed by atoms with Crippen LogP contribution in [-0.4, -0.2) is 40.8 Å². The smallest absolute Gasteiger partial charge is 0.200 e. The summed E-state index contributed by atoms with van der Waals surface area (Å²) in [6, 6.07) is 6.44. The molecule has 3 aliphatic rings. The van der Waals surface area contributed by atoms with Crippen LogP contribution in [0.1, 0.15) is 30.1 Å². The maximum absolute atomic E-state index is 14.8. The Kier molecular flexibility index (Phi) is 7.65. The molecule has 3 aromatic rings. The zero-order valence-electron chi connectivity index (χ0n) is 20.0. The number of rotatable bonds is 6. The topological polar surface area (TPSA) is 42.4 Å². The molecule has 198 valence electrons. The van der Waals surface area contributed by atoms with Gasteiger partial charge in [-0.05, 0) is 35.7 Å². The largest absolute Gasteiger partial charge is 1.00 e. The Morgan fingerprint density at radius 1 is 1.11 bits per heavy atom. The first-order valence-corrected chi connectivity index (χ1v) is 11.8. The molecule has 37 heavy (non-hydrogen) atoms. The number of hydrogen-bond donors (Lipinski definition) is 1. The highest BCUT2D eigenvalue weighted by atomic mass is 79.9. The molecule has 0 amide bonds. The summed E-state index contributed by atoms with van der Waals surface area (Å²) in [5.41, 5.74) is 0.355. The first-order chi connectivity index (χ1) is 17.2. The molecule has 2 aromatic carbocycles. The van der Waals surface area contributed by atoms with Crippen molar-refractivity contribution in [1.82, 2.24) is 4.98 Å². The van der Waals surface area contributed by atoms with E-state index in [1.807, 2.05) is 0 Å². The van der Waals surface area contributed by atoms with Crippen molar-refractivity contribution < 1.29 is 53.3 Å². The van der Waals surface area contributed by atoms with Crippen molar-refractivity contribution in [3.63, 3.8) is 0 Å². The Balaban J connectivity index is 0.00000320. The molecule has 3 saturated heterocycles. The maximum Gasteiger partial charge on any atom is 0.200 e. The number of aliphatic hydroxyl groups excluding tert-OH is 1. The molecule has 5 atom stereocenters. The van der Waals surface area contributed by atoms with Gasteiger partial charge in [-0.1, -0.05) is 6.08 Å². The number of aliphatic hydroxyl groups is 1. The van der Waals surface area contributed by atoms with Gasteiger partial charge in [0.2, 0.25) is 5.82 Å². The van der Waals surface area contributed by atoms with Crippen LogP contribution in [0.15, 0.2) is 43.1 Å². The number of nitrogens with zero attached hydrogens (tertiary/aromatic N) is 2. The average molecular weight is 585 g/mol. The first kappa shape index (κ1) is 27.5. The molecule has 10 heteroatoms. The molecule has 3 aliphatic heterocycles. The van der Waals surface area contributed by atoms with Gasteiger partial charge in [0.1, 0.15) is 24.4 Å². The lowest BCUT2D eigenvalue weighted by Gasteiger charge is -2.58. The third-order valence-electron chi connectivity index (χ3n) is 8.11. The van der Waals surface area contributed by atoms with Gasteiger partial charge in [0, 0.05) is 30.3 Å². The minimum absolute atomic E-state index is 0. The zero-order valence-corrected chi connectivity index (χ0v) is 21.6. The fourth-order valence-electron chi connectivity index (χ4n) is 6.22. The van der Waals surface area contributed by atoms with Crippen LogP contribution in [0.4, 0.5) is 22.0 Å². The van der Waals surface area contributed by atoms with Gasteiger partial charge in [-0.3, -0.25) is 4.98 Å². The number of aromatic nitrogens is 1. The molecule has 0 aliphatic carbocycles. The van der Waals surface area contributed by atoms with E-state index in [1.165, 1.54) is 7.11 Å². The van der Waals surface area contributed by atoms with E-state index < -0.39 is 53.3 Å². The lowest BCUT2D eigenvalue weighted by atomic mass is 9.71. The molecule has 1 N–H and O–H groups in total. The Morgan fingerprint density at radius 2 is 1.78 bits per heavy atom. The fourth-order valence-corrected chi connectivity index (χ4v) is 6.22. The molecule has 0 spiro atoms. The van der Waals surface area contributed by atoms with Gasteiger partial charge >= 0.3 is 0 Å². The summed E-state index contributed by atoms with van der Waals surface area (Å²) in [5, 5.41) is 12.4. The van der Waals surface area contributed by atoms with Crippen molar-refractivity contribution in [3.8, 4) is 5.75 Å². The quantitative estimate of drug-likeness (QED) is 0.159. The second-order valence-electron chi connectivity index (χ2n) is 9.81. The van der Waals surface area contributed by atoms with E-state index in [9.17, 15) is 27.1 Å². The van der Waals surface area contributed by atoms with Gasteiger partial charge in [-0.2, -0.15) is 0 Å². The Hall–Kier alpha value is -2.56. The summed E-state index contributed by atoms with van der Waals surface area (Å²) >= 11 is 0. The average Bonchev–Trinajstić information content (AvgIpc) is 2.92. The van der Waals surface area contributed by atoms with Crippen molar-refractivity contribution in [1.29, 1.82) is 0 Å². The molecule has 6 rings (SSSR count). The number of piperidine rings is 3. The number of ether oxygens (including phenoxy) is 1. The van der Waals surface area contributed by atoms with Crippen LogP contribution in [-0.2, 0) is 6.54 Å². The van der Waals surface area contributed by atoms with Crippen molar-refractivity contribution in [2.75, 3.05) is 20.2 Å². The van der Waals surface area contributed by atoms with Gasteiger partial charge in [-0.15, -0.1) is 6.58 Å². The molecular formula is C27H26BrF5N2O2. The van der Waals surface area contributed by atoms with Crippen LogP contribution in [0.5, 0.6) is 5.75 Å². The summed E-state index contributed by atoms with van der Waals surface area (Å²) in [4.78, 5) is 4.35. The number of benzene rings is 2. The van der Waals surface area contributed by atoms with Crippen molar-refractivity contribution in [3.05, 3.63) is 83.3 Å². The predicted octanol–water partition coefficient (Wildman–Crippen LogP) is 2.59. The van der Waals surface area contributed by atoms with Gasteiger partial charge in [0.05, 0.1) is 31.3 Å². The SMILES string of the molecule is C=C[C@H]1C[N@+]2(Cc3c(F)c(F)c(F)c(F)c3F)CC[C@H]1C[C@H]2[C@H](O)c1ccnc2ccc(OC)cc12.[Br-]. The molecule has 0 unspecified atom stereocenters. The second kappa shape index (κ2) is 10.3. The number of pyridine rings is 1. The number of methoxy groups -OCH3 is 1. The van der Waals surface area contributed by atoms with Gasteiger partial charge < -0.3 is 31.3 Å². The van der Waals surface area contributed by atoms with E-state index in [0.717, 1.165) is 0 Å². The zero-order chi connectivity index (χ0) is 25.8. The van der Waals surface area contributed by atoms with Crippen LogP contribution in [0, 0.1) is 40.9 Å². The lowest BCUT2D eigenvalue weighted by molar-refractivity contribution is -0.985. The van der Waals surface area contributed by atoms with Crippen LogP contribution < -0.4 is 21.7 Å².